The number of rotatable bonds is 6. The van der Waals surface area contributed by atoms with Crippen molar-refractivity contribution in [3.8, 4) is 0 Å². The summed E-state index contributed by atoms with van der Waals surface area (Å²) in [4.78, 5) is 3.89. The minimum atomic E-state index is 0.901. The first-order valence-electron chi connectivity index (χ1n) is 6.45. The molecule has 1 aromatic carbocycles. The molecule has 0 saturated carbocycles. The number of likely N-dealkylation sites (N-methyl/N-ethyl adjacent to an activating group) is 1. The summed E-state index contributed by atoms with van der Waals surface area (Å²) < 4.78 is 0. The predicted octanol–water partition coefficient (Wildman–Crippen LogP) is 2.79. The minimum Gasteiger partial charge on any atom is -0.390 e. The summed E-state index contributed by atoms with van der Waals surface area (Å²) in [6.45, 7) is 4.21. The molecule has 3 heteroatoms. The molecule has 0 bridgehead atoms. The summed E-state index contributed by atoms with van der Waals surface area (Å²) in [5.41, 5.74) is 4.96. The van der Waals surface area contributed by atoms with Crippen LogP contribution in [0.5, 0.6) is 0 Å². The molecule has 0 spiro atoms. The van der Waals surface area contributed by atoms with E-state index in [1.807, 2.05) is 19.3 Å². The average molecular weight is 257 g/mol. The Balaban J connectivity index is 2.79. The Labute approximate surface area is 116 Å². The molecule has 0 fully saturated rings. The summed E-state index contributed by atoms with van der Waals surface area (Å²) in [6, 6.07) is 8.46. The van der Waals surface area contributed by atoms with Gasteiger partial charge in [-0.05, 0) is 31.1 Å². The quantitative estimate of drug-likeness (QED) is 0.769. The summed E-state index contributed by atoms with van der Waals surface area (Å²) in [6.07, 6.45) is 6.42. The number of aryl methyl sites for hydroxylation is 1. The van der Waals surface area contributed by atoms with Gasteiger partial charge < -0.3 is 10.6 Å². The molecule has 0 aliphatic carbocycles. The summed E-state index contributed by atoms with van der Waals surface area (Å²) in [5, 5.41) is 6.52. The summed E-state index contributed by atoms with van der Waals surface area (Å²) in [5.74, 6) is 0. The maximum absolute atomic E-state index is 3.89. The Kier molecular flexibility index (Phi) is 6.44. The topological polar surface area (TPSA) is 36.4 Å². The second kappa shape index (κ2) is 8.14. The summed E-state index contributed by atoms with van der Waals surface area (Å²) in [7, 11) is 3.71. The van der Waals surface area contributed by atoms with E-state index < -0.39 is 0 Å². The molecule has 3 nitrogen and oxygen atoms in total. The van der Waals surface area contributed by atoms with E-state index in [4.69, 9.17) is 0 Å². The maximum atomic E-state index is 3.89. The van der Waals surface area contributed by atoms with Crippen molar-refractivity contribution >= 4 is 6.21 Å². The highest BCUT2D eigenvalue weighted by atomic mass is 14.9. The van der Waals surface area contributed by atoms with Gasteiger partial charge in [0.2, 0.25) is 0 Å². The highest BCUT2D eigenvalue weighted by molar-refractivity contribution is 5.70. The number of allylic oxidation sites excluding steroid dienone is 3. The monoisotopic (exact) mass is 257 g/mol. The van der Waals surface area contributed by atoms with Crippen molar-refractivity contribution < 1.29 is 0 Å². The van der Waals surface area contributed by atoms with Gasteiger partial charge in [-0.1, -0.05) is 24.3 Å². The number of hydrogen-bond acceptors (Lipinski definition) is 3. The van der Waals surface area contributed by atoms with Crippen molar-refractivity contribution in [3.63, 3.8) is 0 Å². The molecule has 102 valence electrons. The van der Waals surface area contributed by atoms with E-state index in [9.17, 15) is 0 Å². The molecule has 0 radical (unpaired) electrons. The maximum Gasteiger partial charge on any atom is 0.0342 e. The van der Waals surface area contributed by atoms with E-state index in [1.165, 1.54) is 16.8 Å². The van der Waals surface area contributed by atoms with Crippen LogP contribution in [0, 0.1) is 6.92 Å². The van der Waals surface area contributed by atoms with Gasteiger partial charge >= 0.3 is 0 Å². The van der Waals surface area contributed by atoms with Crippen molar-refractivity contribution in [1.29, 1.82) is 0 Å². The van der Waals surface area contributed by atoms with Crippen LogP contribution in [0.25, 0.3) is 0 Å². The fourth-order valence-electron chi connectivity index (χ4n) is 1.80. The third-order valence-corrected chi connectivity index (χ3v) is 3.01. The minimum absolute atomic E-state index is 0.901. The van der Waals surface area contributed by atoms with Crippen LogP contribution in [-0.4, -0.2) is 20.3 Å². The second-order valence-corrected chi connectivity index (χ2v) is 4.37. The van der Waals surface area contributed by atoms with Crippen LogP contribution in [0.1, 0.15) is 18.1 Å². The Morgan fingerprint density at radius 2 is 2.05 bits per heavy atom. The van der Waals surface area contributed by atoms with E-state index in [0.717, 1.165) is 12.1 Å². The van der Waals surface area contributed by atoms with Gasteiger partial charge in [0.15, 0.2) is 0 Å². The molecule has 0 amide bonds. The molecular formula is C16H23N3. The molecule has 0 aliphatic heterocycles. The molecule has 1 rings (SSSR count). The van der Waals surface area contributed by atoms with Gasteiger partial charge in [-0.2, -0.15) is 0 Å². The molecular weight excluding hydrogens is 234 g/mol. The zero-order chi connectivity index (χ0) is 14.1. The highest BCUT2D eigenvalue weighted by Crippen LogP contribution is 2.12. The van der Waals surface area contributed by atoms with Gasteiger partial charge in [-0.15, -0.1) is 0 Å². The van der Waals surface area contributed by atoms with Crippen LogP contribution < -0.4 is 10.6 Å². The van der Waals surface area contributed by atoms with Crippen molar-refractivity contribution in [1.82, 2.24) is 10.6 Å². The van der Waals surface area contributed by atoms with Crippen molar-refractivity contribution in [2.45, 2.75) is 20.3 Å². The van der Waals surface area contributed by atoms with Crippen LogP contribution in [0.3, 0.4) is 0 Å². The largest absolute Gasteiger partial charge is 0.390 e. The molecule has 0 unspecified atom stereocenters. The van der Waals surface area contributed by atoms with Crippen LogP contribution in [0.15, 0.2) is 52.9 Å². The SMILES string of the molecule is CN=CC=CN/C(C)=C(\Cc1ccccc1C)NC. The van der Waals surface area contributed by atoms with E-state index in [1.54, 1.807) is 13.3 Å². The van der Waals surface area contributed by atoms with Gasteiger partial charge in [-0.3, -0.25) is 4.99 Å². The standard InChI is InChI=1S/C16H23N3/c1-13-8-5-6-9-15(13)12-16(18-4)14(2)19-11-7-10-17-3/h5-11,18-19H,12H2,1-4H3/b11-7?,16-14+,17-10?. The lowest BCUT2D eigenvalue weighted by atomic mass is 10.0. The zero-order valence-corrected chi connectivity index (χ0v) is 12.2. The third kappa shape index (κ3) is 5.00. The average Bonchev–Trinajstić information content (AvgIpc) is 2.42. The molecule has 19 heavy (non-hydrogen) atoms. The number of hydrogen-bond donors (Lipinski definition) is 2. The first kappa shape index (κ1) is 15.0. The number of aliphatic imine (C=N–C) groups is 1. The third-order valence-electron chi connectivity index (χ3n) is 3.01. The Bertz CT molecular complexity index is 485. The fraction of sp³-hybridized carbons (Fsp3) is 0.312. The summed E-state index contributed by atoms with van der Waals surface area (Å²) >= 11 is 0. The van der Waals surface area contributed by atoms with E-state index in [2.05, 4.69) is 53.7 Å². The second-order valence-electron chi connectivity index (χ2n) is 4.37. The Morgan fingerprint density at radius 3 is 2.68 bits per heavy atom. The van der Waals surface area contributed by atoms with E-state index in [0.29, 0.717) is 0 Å². The fourth-order valence-corrected chi connectivity index (χ4v) is 1.80. The molecule has 0 atom stereocenters. The van der Waals surface area contributed by atoms with Gasteiger partial charge in [0.05, 0.1) is 0 Å². The molecule has 0 saturated heterocycles. The van der Waals surface area contributed by atoms with Crippen molar-refractivity contribution in [2.24, 2.45) is 4.99 Å². The van der Waals surface area contributed by atoms with E-state index >= 15 is 0 Å². The lowest BCUT2D eigenvalue weighted by Gasteiger charge is -2.13. The van der Waals surface area contributed by atoms with Crippen LogP contribution >= 0.6 is 0 Å². The van der Waals surface area contributed by atoms with Gasteiger partial charge in [0.1, 0.15) is 0 Å². The lowest BCUT2D eigenvalue weighted by molar-refractivity contribution is 0.852. The Morgan fingerprint density at radius 1 is 1.32 bits per heavy atom. The van der Waals surface area contributed by atoms with Gasteiger partial charge in [-0.25, -0.2) is 0 Å². The van der Waals surface area contributed by atoms with Gasteiger partial charge in [0, 0.05) is 44.3 Å². The first-order chi connectivity index (χ1) is 9.19. The first-order valence-corrected chi connectivity index (χ1v) is 6.45. The lowest BCUT2D eigenvalue weighted by Crippen LogP contribution is -2.17. The normalized spacial score (nSPS) is 12.8. The molecule has 0 heterocycles. The van der Waals surface area contributed by atoms with Crippen molar-refractivity contribution in [2.75, 3.05) is 14.1 Å². The Hall–Kier alpha value is -2.03. The van der Waals surface area contributed by atoms with Crippen LogP contribution in [-0.2, 0) is 6.42 Å². The molecule has 1 aromatic rings. The van der Waals surface area contributed by atoms with Gasteiger partial charge in [0.25, 0.3) is 0 Å². The molecule has 0 aliphatic rings. The number of nitrogens with zero attached hydrogens (tertiary/aromatic N) is 1. The predicted molar refractivity (Wildman–Crippen MR) is 83.3 cm³/mol. The van der Waals surface area contributed by atoms with Crippen LogP contribution in [0.2, 0.25) is 0 Å². The molecule has 2 N–H and O–H groups in total. The molecule has 0 aromatic heterocycles. The van der Waals surface area contributed by atoms with Crippen molar-refractivity contribution in [3.05, 3.63) is 59.1 Å². The smallest absolute Gasteiger partial charge is 0.0342 e. The zero-order valence-electron chi connectivity index (χ0n) is 12.2. The highest BCUT2D eigenvalue weighted by Gasteiger charge is 2.03. The van der Waals surface area contributed by atoms with Crippen LogP contribution in [0.4, 0.5) is 0 Å². The number of benzene rings is 1. The number of nitrogens with one attached hydrogen (secondary N) is 2. The van der Waals surface area contributed by atoms with E-state index in [-0.39, 0.29) is 0 Å².